The molecule has 0 aliphatic heterocycles. The topological polar surface area (TPSA) is 75.7 Å². The lowest BCUT2D eigenvalue weighted by atomic mass is 9.94. The Kier molecular flexibility index (Phi) is 10.6. The van der Waals surface area contributed by atoms with Gasteiger partial charge >= 0.3 is 5.51 Å². The second kappa shape index (κ2) is 13.4. The first kappa shape index (κ1) is 34.0. The molecule has 0 aliphatic rings. The molecule has 10 heteroatoms. The van der Waals surface area contributed by atoms with E-state index in [1.54, 1.807) is 0 Å². The Balaban J connectivity index is 0.000000557. The lowest BCUT2D eigenvalue weighted by Gasteiger charge is -2.22. The minimum atomic E-state index is -6.09. The zero-order valence-electron chi connectivity index (χ0n) is 24.8. The van der Waals surface area contributed by atoms with Crippen LogP contribution in [0.5, 0.6) is 11.5 Å². The summed E-state index contributed by atoms with van der Waals surface area (Å²) in [5, 5.41) is 0. The average molecular weight is 633 g/mol. The second-order valence-electron chi connectivity index (χ2n) is 11.5. The first-order valence-electron chi connectivity index (χ1n) is 13.3. The van der Waals surface area contributed by atoms with E-state index in [-0.39, 0.29) is 11.2 Å². The monoisotopic (exact) mass is 632 g/mol. The zero-order chi connectivity index (χ0) is 32.1. The van der Waals surface area contributed by atoms with Crippen LogP contribution in [0.4, 0.5) is 13.2 Å². The van der Waals surface area contributed by atoms with Gasteiger partial charge in [-0.25, -0.2) is 8.42 Å². The van der Waals surface area contributed by atoms with Gasteiger partial charge in [-0.2, -0.15) is 13.2 Å². The van der Waals surface area contributed by atoms with Gasteiger partial charge in [-0.05, 0) is 101 Å². The summed E-state index contributed by atoms with van der Waals surface area (Å²) in [5.74, 6) is 1.76. The summed E-state index contributed by atoms with van der Waals surface area (Å²) in [4.78, 5) is 2.54. The predicted octanol–water partition coefficient (Wildman–Crippen LogP) is 8.66. The average Bonchev–Trinajstić information content (AvgIpc) is 2.88. The van der Waals surface area contributed by atoms with E-state index in [0.29, 0.717) is 0 Å². The molecule has 0 fully saturated rings. The Morgan fingerprint density at radius 3 is 1.49 bits per heavy atom. The van der Waals surface area contributed by atoms with E-state index in [2.05, 4.69) is 139 Å². The van der Waals surface area contributed by atoms with E-state index in [4.69, 9.17) is 22.4 Å². The van der Waals surface area contributed by atoms with Crippen LogP contribution in [0.25, 0.3) is 22.3 Å². The molecule has 5 nitrogen and oxygen atoms in total. The maximum Gasteiger partial charge on any atom is 0.485 e. The molecule has 0 aromatic heterocycles. The minimum Gasteiger partial charge on any atom is -0.741 e. The SMILES string of the molecule is CC(C)(C)Oc1ccc(-c2cccc([SH+]c3ccccc3)c2-c2ccc(OC(C)(C)C)cc2)cc1.O=S(=O)([O-])C(F)(F)F. The van der Waals surface area contributed by atoms with Crippen molar-refractivity contribution < 1.29 is 35.6 Å². The number of benzene rings is 4. The van der Waals surface area contributed by atoms with Crippen LogP contribution in [0.1, 0.15) is 41.5 Å². The van der Waals surface area contributed by atoms with Crippen LogP contribution in [0, 0.1) is 0 Å². The Morgan fingerprint density at radius 1 is 0.628 bits per heavy atom. The van der Waals surface area contributed by atoms with Crippen LogP contribution >= 0.6 is 0 Å². The molecule has 4 aromatic rings. The highest BCUT2D eigenvalue weighted by Gasteiger charge is 2.37. The van der Waals surface area contributed by atoms with Crippen LogP contribution < -0.4 is 9.47 Å². The molecule has 0 bridgehead atoms. The van der Waals surface area contributed by atoms with Crippen molar-refractivity contribution in [3.05, 3.63) is 97.1 Å². The van der Waals surface area contributed by atoms with E-state index in [0.717, 1.165) is 11.5 Å². The molecule has 0 spiro atoms. The summed E-state index contributed by atoms with van der Waals surface area (Å²) < 4.78 is 71.0. The lowest BCUT2D eigenvalue weighted by molar-refractivity contribution is -0.0517. The minimum absolute atomic E-state index is 0.224. The lowest BCUT2D eigenvalue weighted by Crippen LogP contribution is -2.22. The van der Waals surface area contributed by atoms with Gasteiger partial charge in [0.25, 0.3) is 0 Å². The molecular formula is C33H35F3O5S2. The van der Waals surface area contributed by atoms with Crippen molar-refractivity contribution in [3.8, 4) is 33.8 Å². The molecule has 4 rings (SSSR count). The van der Waals surface area contributed by atoms with E-state index in [1.165, 1.54) is 43.8 Å². The van der Waals surface area contributed by atoms with Crippen molar-refractivity contribution in [1.29, 1.82) is 0 Å². The Bertz CT molecular complexity index is 1590. The number of hydrogen-bond donors (Lipinski definition) is 0. The summed E-state index contributed by atoms with van der Waals surface area (Å²) in [5.41, 5.74) is -1.31. The van der Waals surface area contributed by atoms with Gasteiger partial charge in [-0.3, -0.25) is 0 Å². The van der Waals surface area contributed by atoms with Crippen molar-refractivity contribution in [3.63, 3.8) is 0 Å². The van der Waals surface area contributed by atoms with Crippen LogP contribution in [0.2, 0.25) is 0 Å². The first-order chi connectivity index (χ1) is 19.8. The molecule has 0 amide bonds. The second-order valence-corrected chi connectivity index (χ2v) is 14.1. The quantitative estimate of drug-likeness (QED) is 0.0921. The van der Waals surface area contributed by atoms with E-state index in [9.17, 15) is 13.2 Å². The molecule has 0 atom stereocenters. The fourth-order valence-corrected chi connectivity index (χ4v) is 5.04. The zero-order valence-corrected chi connectivity index (χ0v) is 26.5. The first-order valence-corrected chi connectivity index (χ1v) is 15.6. The summed E-state index contributed by atoms with van der Waals surface area (Å²) in [6, 6.07) is 34.1. The summed E-state index contributed by atoms with van der Waals surface area (Å²) >= 11 is 1.18. The molecule has 43 heavy (non-hydrogen) atoms. The Hall–Kier alpha value is -3.47. The molecule has 0 unspecified atom stereocenters. The van der Waals surface area contributed by atoms with Gasteiger partial charge in [0.1, 0.15) is 22.7 Å². The van der Waals surface area contributed by atoms with Gasteiger partial charge < -0.3 is 14.0 Å². The predicted molar refractivity (Wildman–Crippen MR) is 166 cm³/mol. The number of alkyl halides is 3. The molecule has 0 N–H and O–H groups in total. The van der Waals surface area contributed by atoms with Crippen LogP contribution in [-0.4, -0.2) is 29.7 Å². The maximum absolute atomic E-state index is 10.7. The highest BCUT2D eigenvalue weighted by molar-refractivity contribution is 7.86. The molecule has 0 aliphatic carbocycles. The molecule has 0 radical (unpaired) electrons. The van der Waals surface area contributed by atoms with Crippen molar-refractivity contribution in [2.45, 2.75) is 68.0 Å². The molecular weight excluding hydrogens is 597 g/mol. The van der Waals surface area contributed by atoms with Crippen LogP contribution in [-0.2, 0) is 21.9 Å². The third-order valence-corrected chi connectivity index (χ3v) is 7.22. The highest BCUT2D eigenvalue weighted by Crippen LogP contribution is 2.38. The third-order valence-electron chi connectivity index (χ3n) is 5.49. The van der Waals surface area contributed by atoms with Crippen molar-refractivity contribution in [1.82, 2.24) is 0 Å². The van der Waals surface area contributed by atoms with Crippen molar-refractivity contribution in [2.24, 2.45) is 0 Å². The number of halogens is 3. The van der Waals surface area contributed by atoms with Crippen molar-refractivity contribution in [2.75, 3.05) is 0 Å². The number of thiol groups is 1. The fourth-order valence-electron chi connectivity index (χ4n) is 3.92. The number of hydrogen-bond acceptors (Lipinski definition) is 5. The fraction of sp³-hybridized carbons (Fsp3) is 0.273. The van der Waals surface area contributed by atoms with Gasteiger partial charge in [0, 0.05) is 17.3 Å². The van der Waals surface area contributed by atoms with Gasteiger partial charge in [0.05, 0.1) is 0 Å². The Morgan fingerprint density at radius 2 is 1.07 bits per heavy atom. The van der Waals surface area contributed by atoms with E-state index in [1.807, 2.05) is 0 Å². The van der Waals surface area contributed by atoms with Gasteiger partial charge in [-0.1, -0.05) is 54.6 Å². The van der Waals surface area contributed by atoms with E-state index >= 15 is 0 Å². The van der Waals surface area contributed by atoms with E-state index < -0.39 is 15.6 Å². The molecule has 0 saturated heterocycles. The molecule has 0 heterocycles. The number of ether oxygens (including phenoxy) is 2. The normalized spacial score (nSPS) is 12.2. The highest BCUT2D eigenvalue weighted by atomic mass is 32.2. The molecule has 230 valence electrons. The standard InChI is InChI=1S/C32H34O2S.CHF3O3S/c1-31(2,3)33-25-19-15-23(16-20-25)28-13-10-14-29(35-27-11-8-7-9-12-27)30(28)24-17-21-26(22-18-24)34-32(4,5)6;2-1(3,4)8(5,6)7/h7-22H,1-6H3;(H,5,6,7). The van der Waals surface area contributed by atoms with Crippen LogP contribution in [0.3, 0.4) is 0 Å². The van der Waals surface area contributed by atoms with Crippen LogP contribution in [0.15, 0.2) is 107 Å². The van der Waals surface area contributed by atoms with Gasteiger partial charge in [0.15, 0.2) is 19.9 Å². The summed E-state index contributed by atoms with van der Waals surface area (Å²) in [7, 11) is -6.09. The number of rotatable bonds is 6. The smallest absolute Gasteiger partial charge is 0.485 e. The van der Waals surface area contributed by atoms with Crippen molar-refractivity contribution >= 4 is 21.9 Å². The molecule has 4 aromatic carbocycles. The third kappa shape index (κ3) is 10.6. The largest absolute Gasteiger partial charge is 0.741 e. The maximum atomic E-state index is 10.7. The van der Waals surface area contributed by atoms with Gasteiger partial charge in [-0.15, -0.1) is 0 Å². The summed E-state index contributed by atoms with van der Waals surface area (Å²) in [6.45, 7) is 12.4. The summed E-state index contributed by atoms with van der Waals surface area (Å²) in [6.07, 6.45) is 0. The Labute approximate surface area is 255 Å². The van der Waals surface area contributed by atoms with Gasteiger partial charge in [0.2, 0.25) is 0 Å². The molecule has 0 saturated carbocycles.